The molecule has 1 aromatic heterocycles. The maximum absolute atomic E-state index is 5.90. The van der Waals surface area contributed by atoms with Crippen LogP contribution in [0.3, 0.4) is 0 Å². The number of nitrogens with one attached hydrogen (secondary N) is 2. The molecule has 2 aromatic carbocycles. The highest BCUT2D eigenvalue weighted by Crippen LogP contribution is 2.10. The van der Waals surface area contributed by atoms with E-state index in [1.807, 2.05) is 53.3 Å². The van der Waals surface area contributed by atoms with Crippen molar-refractivity contribution in [3.63, 3.8) is 0 Å². The third-order valence-corrected chi connectivity index (χ3v) is 4.01. The smallest absolute Gasteiger partial charge is 0.191 e. The maximum atomic E-state index is 5.90. The average Bonchev–Trinajstić information content (AvgIpc) is 3.18. The molecular formula is C19H20ClN5. The van der Waals surface area contributed by atoms with Crippen molar-refractivity contribution in [3.8, 4) is 5.69 Å². The normalized spacial score (nSPS) is 11.4. The molecule has 5 nitrogen and oxygen atoms in total. The third kappa shape index (κ3) is 4.84. The number of hydrogen-bond donors (Lipinski definition) is 2. The van der Waals surface area contributed by atoms with Gasteiger partial charge in [0.1, 0.15) is 0 Å². The molecule has 0 saturated heterocycles. The molecule has 6 heteroatoms. The van der Waals surface area contributed by atoms with Crippen molar-refractivity contribution in [3.05, 3.63) is 83.1 Å². The first kappa shape index (κ1) is 17.0. The second-order valence-electron chi connectivity index (χ2n) is 5.52. The van der Waals surface area contributed by atoms with Crippen LogP contribution in [0.2, 0.25) is 5.02 Å². The molecule has 3 rings (SSSR count). The zero-order chi connectivity index (χ0) is 17.5. The summed E-state index contributed by atoms with van der Waals surface area (Å²) in [6.07, 6.45) is 3.70. The second kappa shape index (κ2) is 8.35. The van der Waals surface area contributed by atoms with E-state index in [0.717, 1.165) is 22.2 Å². The minimum absolute atomic E-state index is 0.690. The molecular weight excluding hydrogens is 334 g/mol. The molecule has 25 heavy (non-hydrogen) atoms. The first-order valence-corrected chi connectivity index (χ1v) is 8.40. The SMILES string of the molecule is CN=C(NCc1ccc(Cl)cc1)NCc1ccc(-n2cccn2)cc1. The summed E-state index contributed by atoms with van der Waals surface area (Å²) in [6.45, 7) is 1.38. The highest BCUT2D eigenvalue weighted by atomic mass is 35.5. The summed E-state index contributed by atoms with van der Waals surface area (Å²) < 4.78 is 1.84. The van der Waals surface area contributed by atoms with Gasteiger partial charge in [-0.1, -0.05) is 35.9 Å². The minimum atomic E-state index is 0.690. The van der Waals surface area contributed by atoms with Crippen molar-refractivity contribution < 1.29 is 0 Å². The molecule has 0 aliphatic heterocycles. The fourth-order valence-electron chi connectivity index (χ4n) is 2.38. The van der Waals surface area contributed by atoms with Crippen molar-refractivity contribution in [1.82, 2.24) is 20.4 Å². The number of halogens is 1. The summed E-state index contributed by atoms with van der Waals surface area (Å²) in [6, 6.07) is 17.9. The van der Waals surface area contributed by atoms with Gasteiger partial charge in [0.25, 0.3) is 0 Å². The fraction of sp³-hybridized carbons (Fsp3) is 0.158. The number of aromatic nitrogens is 2. The number of benzene rings is 2. The zero-order valence-corrected chi connectivity index (χ0v) is 14.7. The molecule has 0 unspecified atom stereocenters. The van der Waals surface area contributed by atoms with E-state index < -0.39 is 0 Å². The highest BCUT2D eigenvalue weighted by Gasteiger charge is 2.01. The van der Waals surface area contributed by atoms with Gasteiger partial charge < -0.3 is 10.6 Å². The third-order valence-electron chi connectivity index (χ3n) is 3.76. The van der Waals surface area contributed by atoms with Gasteiger partial charge in [0, 0.05) is 37.6 Å². The summed E-state index contributed by atoms with van der Waals surface area (Å²) in [4.78, 5) is 4.25. The van der Waals surface area contributed by atoms with E-state index in [-0.39, 0.29) is 0 Å². The number of nitrogens with zero attached hydrogens (tertiary/aromatic N) is 3. The van der Waals surface area contributed by atoms with Crippen molar-refractivity contribution >= 4 is 17.6 Å². The largest absolute Gasteiger partial charge is 0.352 e. The Morgan fingerprint density at radius 2 is 1.60 bits per heavy atom. The fourth-order valence-corrected chi connectivity index (χ4v) is 2.51. The molecule has 3 aromatic rings. The topological polar surface area (TPSA) is 54.2 Å². The molecule has 0 amide bonds. The van der Waals surface area contributed by atoms with Gasteiger partial charge in [-0.25, -0.2) is 4.68 Å². The van der Waals surface area contributed by atoms with Crippen LogP contribution in [-0.2, 0) is 13.1 Å². The van der Waals surface area contributed by atoms with Gasteiger partial charge in [-0.2, -0.15) is 5.10 Å². The highest BCUT2D eigenvalue weighted by molar-refractivity contribution is 6.30. The van der Waals surface area contributed by atoms with Gasteiger partial charge in [0.15, 0.2) is 5.96 Å². The quantitative estimate of drug-likeness (QED) is 0.546. The Kier molecular flexibility index (Phi) is 5.69. The monoisotopic (exact) mass is 353 g/mol. The zero-order valence-electron chi connectivity index (χ0n) is 14.0. The van der Waals surface area contributed by atoms with Gasteiger partial charge in [-0.3, -0.25) is 4.99 Å². The van der Waals surface area contributed by atoms with Gasteiger partial charge in [0.2, 0.25) is 0 Å². The molecule has 0 radical (unpaired) electrons. The van der Waals surface area contributed by atoms with Crippen LogP contribution in [0.4, 0.5) is 0 Å². The van der Waals surface area contributed by atoms with Gasteiger partial charge in [-0.05, 0) is 41.5 Å². The lowest BCUT2D eigenvalue weighted by molar-refractivity contribution is 0.808. The number of aliphatic imine (C=N–C) groups is 1. The molecule has 0 bridgehead atoms. The molecule has 1 heterocycles. The molecule has 128 valence electrons. The molecule has 0 aliphatic carbocycles. The van der Waals surface area contributed by atoms with Crippen molar-refractivity contribution in [1.29, 1.82) is 0 Å². The molecule has 0 spiro atoms. The Balaban J connectivity index is 1.51. The summed E-state index contributed by atoms with van der Waals surface area (Å²) >= 11 is 5.90. The number of guanidine groups is 1. The Hall–Kier alpha value is -2.79. The summed E-state index contributed by atoms with van der Waals surface area (Å²) in [5.41, 5.74) is 3.36. The van der Waals surface area contributed by atoms with Gasteiger partial charge >= 0.3 is 0 Å². The lowest BCUT2D eigenvalue weighted by atomic mass is 10.2. The first-order valence-electron chi connectivity index (χ1n) is 8.02. The molecule has 0 fully saturated rings. The molecule has 0 aliphatic rings. The Morgan fingerprint density at radius 1 is 1.00 bits per heavy atom. The Labute approximate surface area is 152 Å². The lowest BCUT2D eigenvalue weighted by Gasteiger charge is -2.12. The predicted octanol–water partition coefficient (Wildman–Crippen LogP) is 3.39. The number of rotatable bonds is 5. The van der Waals surface area contributed by atoms with Crippen LogP contribution in [0.25, 0.3) is 5.69 Å². The Bertz CT molecular complexity index is 808. The van der Waals surface area contributed by atoms with Gasteiger partial charge in [0.05, 0.1) is 5.69 Å². The van der Waals surface area contributed by atoms with Crippen molar-refractivity contribution in [2.24, 2.45) is 4.99 Å². The number of hydrogen-bond acceptors (Lipinski definition) is 2. The van der Waals surface area contributed by atoms with E-state index in [0.29, 0.717) is 13.1 Å². The lowest BCUT2D eigenvalue weighted by Crippen LogP contribution is -2.36. The summed E-state index contributed by atoms with van der Waals surface area (Å²) in [5, 5.41) is 11.6. The van der Waals surface area contributed by atoms with Crippen LogP contribution in [0.5, 0.6) is 0 Å². The van der Waals surface area contributed by atoms with Crippen LogP contribution in [-0.4, -0.2) is 22.8 Å². The minimum Gasteiger partial charge on any atom is -0.352 e. The van der Waals surface area contributed by atoms with E-state index in [2.05, 4.69) is 32.9 Å². The van der Waals surface area contributed by atoms with Crippen LogP contribution < -0.4 is 10.6 Å². The second-order valence-corrected chi connectivity index (χ2v) is 5.96. The van der Waals surface area contributed by atoms with Crippen molar-refractivity contribution in [2.75, 3.05) is 7.05 Å². The summed E-state index contributed by atoms with van der Waals surface area (Å²) in [7, 11) is 1.76. The van der Waals surface area contributed by atoms with Crippen LogP contribution in [0.1, 0.15) is 11.1 Å². The molecule has 0 atom stereocenters. The maximum Gasteiger partial charge on any atom is 0.191 e. The van der Waals surface area contributed by atoms with E-state index in [1.165, 1.54) is 5.56 Å². The average molecular weight is 354 g/mol. The van der Waals surface area contributed by atoms with E-state index in [9.17, 15) is 0 Å². The van der Waals surface area contributed by atoms with Crippen LogP contribution in [0.15, 0.2) is 72.0 Å². The molecule has 2 N–H and O–H groups in total. The van der Waals surface area contributed by atoms with Gasteiger partial charge in [-0.15, -0.1) is 0 Å². The summed E-state index contributed by atoms with van der Waals surface area (Å²) in [5.74, 6) is 0.756. The molecule has 0 saturated carbocycles. The predicted molar refractivity (Wildman–Crippen MR) is 102 cm³/mol. The van der Waals surface area contributed by atoms with Crippen LogP contribution >= 0.6 is 11.6 Å². The Morgan fingerprint density at radius 3 is 2.12 bits per heavy atom. The van der Waals surface area contributed by atoms with Crippen molar-refractivity contribution in [2.45, 2.75) is 13.1 Å². The van der Waals surface area contributed by atoms with E-state index in [4.69, 9.17) is 11.6 Å². The first-order chi connectivity index (χ1) is 12.2. The van der Waals surface area contributed by atoms with E-state index in [1.54, 1.807) is 13.2 Å². The van der Waals surface area contributed by atoms with Crippen LogP contribution in [0, 0.1) is 0 Å². The van der Waals surface area contributed by atoms with E-state index >= 15 is 0 Å². The standard InChI is InChI=1S/C19H20ClN5/c1-21-19(22-13-15-3-7-17(20)8-4-15)23-14-16-5-9-18(10-6-16)25-12-2-11-24-25/h2-12H,13-14H2,1H3,(H2,21,22,23).